The number of rotatable bonds is 9. The lowest BCUT2D eigenvalue weighted by atomic mass is 10.0. The number of thiophene rings is 1. The number of carbonyl (C=O) groups is 2. The number of hydrogen-bond acceptors (Lipinski definition) is 5. The average molecular weight is 375 g/mol. The molecule has 5 nitrogen and oxygen atoms in total. The zero-order chi connectivity index (χ0) is 18.9. The molecule has 1 amide bonds. The standard InChI is InChI=1S/C20H25NO4S/c1-4-6-7-17(22)21-19-18(20(23)24-3)16(13-26-19)14-8-10-15(11-9-14)25-12-5-2/h8-11,13H,4-7,12H2,1-3H3,(H,21,22). The number of nitrogens with one attached hydrogen (secondary N) is 1. The molecule has 0 unspecified atom stereocenters. The van der Waals surface area contributed by atoms with Gasteiger partial charge in [0.15, 0.2) is 0 Å². The number of amides is 1. The van der Waals surface area contributed by atoms with Gasteiger partial charge in [-0.05, 0) is 30.5 Å². The van der Waals surface area contributed by atoms with Crippen molar-refractivity contribution in [1.82, 2.24) is 0 Å². The minimum Gasteiger partial charge on any atom is -0.494 e. The Hall–Kier alpha value is -2.34. The minimum atomic E-state index is -0.460. The lowest BCUT2D eigenvalue weighted by molar-refractivity contribution is -0.116. The summed E-state index contributed by atoms with van der Waals surface area (Å²) in [7, 11) is 1.34. The van der Waals surface area contributed by atoms with Gasteiger partial charge in [-0.1, -0.05) is 32.4 Å². The van der Waals surface area contributed by atoms with Crippen LogP contribution in [0.2, 0.25) is 0 Å². The van der Waals surface area contributed by atoms with Crippen molar-refractivity contribution in [2.45, 2.75) is 39.5 Å². The maximum atomic E-state index is 12.3. The third kappa shape index (κ3) is 5.08. The van der Waals surface area contributed by atoms with Gasteiger partial charge >= 0.3 is 5.97 Å². The second-order valence-electron chi connectivity index (χ2n) is 5.87. The number of esters is 1. The summed E-state index contributed by atoms with van der Waals surface area (Å²) in [5.74, 6) is 0.241. The summed E-state index contributed by atoms with van der Waals surface area (Å²) in [6.45, 7) is 4.75. The van der Waals surface area contributed by atoms with E-state index in [0.717, 1.165) is 36.1 Å². The molecule has 0 aliphatic rings. The van der Waals surface area contributed by atoms with E-state index >= 15 is 0 Å². The molecular weight excluding hydrogens is 350 g/mol. The van der Waals surface area contributed by atoms with E-state index < -0.39 is 5.97 Å². The highest BCUT2D eigenvalue weighted by Crippen LogP contribution is 2.36. The number of anilines is 1. The SMILES string of the molecule is CCCCC(=O)Nc1scc(-c2ccc(OCCC)cc2)c1C(=O)OC. The number of unbranched alkanes of at least 4 members (excludes halogenated alkanes) is 1. The number of hydrogen-bond donors (Lipinski definition) is 1. The Morgan fingerprint density at radius 1 is 1.12 bits per heavy atom. The second kappa shape index (κ2) is 9.97. The van der Waals surface area contributed by atoms with E-state index in [1.54, 1.807) is 0 Å². The molecule has 1 aromatic carbocycles. The van der Waals surface area contributed by atoms with Crippen LogP contribution in [-0.2, 0) is 9.53 Å². The quantitative estimate of drug-likeness (QED) is 0.618. The van der Waals surface area contributed by atoms with Crippen LogP contribution in [0.1, 0.15) is 49.9 Å². The molecule has 2 rings (SSSR count). The van der Waals surface area contributed by atoms with Crippen molar-refractivity contribution in [3.05, 3.63) is 35.2 Å². The molecule has 0 spiro atoms. The molecule has 0 saturated heterocycles. The maximum absolute atomic E-state index is 12.3. The summed E-state index contributed by atoms with van der Waals surface area (Å²) in [5, 5.41) is 5.24. The largest absolute Gasteiger partial charge is 0.494 e. The maximum Gasteiger partial charge on any atom is 0.341 e. The zero-order valence-electron chi connectivity index (χ0n) is 15.5. The molecule has 0 fully saturated rings. The number of ether oxygens (including phenoxy) is 2. The van der Waals surface area contributed by atoms with Crippen LogP contribution in [0.4, 0.5) is 5.00 Å². The molecule has 1 N–H and O–H groups in total. The van der Waals surface area contributed by atoms with Gasteiger partial charge < -0.3 is 14.8 Å². The predicted molar refractivity (Wildman–Crippen MR) is 105 cm³/mol. The highest BCUT2D eigenvalue weighted by Gasteiger charge is 2.22. The monoisotopic (exact) mass is 375 g/mol. The van der Waals surface area contributed by atoms with E-state index in [9.17, 15) is 9.59 Å². The Labute approximate surface area is 158 Å². The fourth-order valence-electron chi connectivity index (χ4n) is 2.44. The van der Waals surface area contributed by atoms with Crippen molar-refractivity contribution < 1.29 is 19.1 Å². The molecule has 2 aromatic rings. The van der Waals surface area contributed by atoms with Gasteiger partial charge in [-0.15, -0.1) is 11.3 Å². The first-order valence-electron chi connectivity index (χ1n) is 8.83. The molecule has 0 atom stereocenters. The summed E-state index contributed by atoms with van der Waals surface area (Å²) in [6.07, 6.45) is 3.14. The summed E-state index contributed by atoms with van der Waals surface area (Å²) >= 11 is 1.33. The average Bonchev–Trinajstić information content (AvgIpc) is 3.07. The zero-order valence-corrected chi connectivity index (χ0v) is 16.3. The second-order valence-corrected chi connectivity index (χ2v) is 6.75. The molecular formula is C20H25NO4S. The van der Waals surface area contributed by atoms with Gasteiger partial charge in [0.05, 0.1) is 13.7 Å². The first-order chi connectivity index (χ1) is 12.6. The van der Waals surface area contributed by atoms with Crippen LogP contribution >= 0.6 is 11.3 Å². The molecule has 26 heavy (non-hydrogen) atoms. The van der Waals surface area contributed by atoms with Crippen LogP contribution in [0.5, 0.6) is 5.75 Å². The third-order valence-corrected chi connectivity index (χ3v) is 4.72. The van der Waals surface area contributed by atoms with Crippen LogP contribution in [0, 0.1) is 0 Å². The smallest absolute Gasteiger partial charge is 0.341 e. The number of methoxy groups -OCH3 is 1. The molecule has 6 heteroatoms. The van der Waals surface area contributed by atoms with Crippen molar-refractivity contribution in [1.29, 1.82) is 0 Å². The Morgan fingerprint density at radius 2 is 1.85 bits per heavy atom. The highest BCUT2D eigenvalue weighted by molar-refractivity contribution is 7.15. The van der Waals surface area contributed by atoms with Crippen LogP contribution in [-0.4, -0.2) is 25.6 Å². The third-order valence-electron chi connectivity index (χ3n) is 3.83. The number of carbonyl (C=O) groups excluding carboxylic acids is 2. The summed E-state index contributed by atoms with van der Waals surface area (Å²) in [5.41, 5.74) is 2.01. The molecule has 1 aromatic heterocycles. The number of benzene rings is 1. The van der Waals surface area contributed by atoms with Crippen molar-refractivity contribution in [3.63, 3.8) is 0 Å². The van der Waals surface area contributed by atoms with E-state index in [1.165, 1.54) is 18.4 Å². The summed E-state index contributed by atoms with van der Waals surface area (Å²) < 4.78 is 10.5. The van der Waals surface area contributed by atoms with Gasteiger partial charge in [0.2, 0.25) is 5.91 Å². The van der Waals surface area contributed by atoms with Gasteiger partial charge in [0.1, 0.15) is 16.3 Å². The lowest BCUT2D eigenvalue weighted by Gasteiger charge is -2.09. The van der Waals surface area contributed by atoms with E-state index in [2.05, 4.69) is 12.2 Å². The lowest BCUT2D eigenvalue weighted by Crippen LogP contribution is -2.13. The van der Waals surface area contributed by atoms with Gasteiger partial charge in [-0.2, -0.15) is 0 Å². The summed E-state index contributed by atoms with van der Waals surface area (Å²) in [4.78, 5) is 24.4. The first-order valence-corrected chi connectivity index (χ1v) is 9.71. The van der Waals surface area contributed by atoms with Crippen molar-refractivity contribution in [2.75, 3.05) is 19.0 Å². The molecule has 1 heterocycles. The van der Waals surface area contributed by atoms with Gasteiger partial charge in [-0.25, -0.2) is 4.79 Å². The van der Waals surface area contributed by atoms with E-state index in [0.29, 0.717) is 23.6 Å². The van der Waals surface area contributed by atoms with E-state index in [1.807, 2.05) is 36.6 Å². The molecule has 0 aliphatic carbocycles. The summed E-state index contributed by atoms with van der Waals surface area (Å²) in [6, 6.07) is 7.57. The van der Waals surface area contributed by atoms with Gasteiger partial charge in [0, 0.05) is 17.4 Å². The molecule has 0 radical (unpaired) electrons. The van der Waals surface area contributed by atoms with E-state index in [-0.39, 0.29) is 5.91 Å². The molecule has 140 valence electrons. The van der Waals surface area contributed by atoms with Crippen molar-refractivity contribution in [2.24, 2.45) is 0 Å². The Kier molecular flexibility index (Phi) is 7.66. The van der Waals surface area contributed by atoms with Crippen molar-refractivity contribution in [3.8, 4) is 16.9 Å². The van der Waals surface area contributed by atoms with Gasteiger partial charge in [0.25, 0.3) is 0 Å². The van der Waals surface area contributed by atoms with E-state index in [4.69, 9.17) is 9.47 Å². The molecule has 0 aliphatic heterocycles. The van der Waals surface area contributed by atoms with Crippen LogP contribution in [0.3, 0.4) is 0 Å². The Bertz CT molecular complexity index is 737. The van der Waals surface area contributed by atoms with Crippen LogP contribution < -0.4 is 10.1 Å². The minimum absolute atomic E-state index is 0.0892. The fraction of sp³-hybridized carbons (Fsp3) is 0.400. The predicted octanol–water partition coefficient (Wildman–Crippen LogP) is 5.12. The van der Waals surface area contributed by atoms with Crippen molar-refractivity contribution >= 4 is 28.2 Å². The topological polar surface area (TPSA) is 64.6 Å². The highest BCUT2D eigenvalue weighted by atomic mass is 32.1. The molecule has 0 bridgehead atoms. The fourth-order valence-corrected chi connectivity index (χ4v) is 3.42. The van der Waals surface area contributed by atoms with Crippen LogP contribution in [0.15, 0.2) is 29.6 Å². The Morgan fingerprint density at radius 3 is 2.46 bits per heavy atom. The Balaban J connectivity index is 2.27. The first kappa shape index (κ1) is 20.0. The van der Waals surface area contributed by atoms with Crippen LogP contribution in [0.25, 0.3) is 11.1 Å². The molecule has 0 saturated carbocycles. The normalized spacial score (nSPS) is 10.4. The van der Waals surface area contributed by atoms with Gasteiger partial charge in [-0.3, -0.25) is 4.79 Å².